The molecule has 1 atom stereocenters. The molecule has 2 rings (SSSR count). The van der Waals surface area contributed by atoms with Crippen molar-refractivity contribution in [2.24, 2.45) is 7.05 Å². The van der Waals surface area contributed by atoms with E-state index >= 15 is 0 Å². The van der Waals surface area contributed by atoms with Crippen LogP contribution < -0.4 is 10.6 Å². The molecule has 0 aromatic carbocycles. The summed E-state index contributed by atoms with van der Waals surface area (Å²) in [4.78, 5) is 0. The van der Waals surface area contributed by atoms with Gasteiger partial charge in [0.25, 0.3) is 0 Å². The van der Waals surface area contributed by atoms with E-state index in [1.54, 1.807) is 0 Å². The Hall–Kier alpha value is -0.390. The van der Waals surface area contributed by atoms with Gasteiger partial charge in [-0.2, -0.15) is 5.10 Å². The fourth-order valence-corrected chi connectivity index (χ4v) is 2.61. The molecule has 1 saturated heterocycles. The van der Waals surface area contributed by atoms with E-state index in [-0.39, 0.29) is 5.54 Å². The largest absolute Gasteiger partial charge is 0.315 e. The highest BCUT2D eigenvalue weighted by molar-refractivity contribution is 9.10. The summed E-state index contributed by atoms with van der Waals surface area (Å²) in [5.41, 5.74) is 2.48. The Morgan fingerprint density at radius 1 is 1.62 bits per heavy atom. The van der Waals surface area contributed by atoms with Crippen LogP contribution in [0.3, 0.4) is 0 Å². The summed E-state index contributed by atoms with van der Waals surface area (Å²) >= 11 is 3.59. The average Bonchev–Trinajstić information content (AvgIpc) is 2.73. The van der Waals surface area contributed by atoms with Gasteiger partial charge in [0.2, 0.25) is 0 Å². The van der Waals surface area contributed by atoms with Crippen LogP contribution in [0.4, 0.5) is 0 Å². The van der Waals surface area contributed by atoms with Gasteiger partial charge >= 0.3 is 0 Å². The first-order chi connectivity index (χ1) is 7.52. The Morgan fingerprint density at radius 2 is 2.38 bits per heavy atom. The zero-order chi connectivity index (χ0) is 11.8. The van der Waals surface area contributed by atoms with Gasteiger partial charge in [0.05, 0.1) is 15.9 Å². The van der Waals surface area contributed by atoms with E-state index in [0.29, 0.717) is 0 Å². The zero-order valence-corrected chi connectivity index (χ0v) is 11.7. The number of rotatable bonds is 3. The van der Waals surface area contributed by atoms with Crippen LogP contribution in [-0.4, -0.2) is 28.4 Å². The summed E-state index contributed by atoms with van der Waals surface area (Å²) in [6.07, 6.45) is 1.18. The third-order valence-corrected chi connectivity index (χ3v) is 4.34. The molecule has 0 radical (unpaired) electrons. The molecule has 1 aromatic rings. The minimum atomic E-state index is 0.220. The molecule has 16 heavy (non-hydrogen) atoms. The highest BCUT2D eigenvalue weighted by atomic mass is 79.9. The van der Waals surface area contributed by atoms with Crippen molar-refractivity contribution in [1.29, 1.82) is 0 Å². The van der Waals surface area contributed by atoms with E-state index in [1.807, 2.05) is 18.7 Å². The lowest BCUT2D eigenvalue weighted by Gasteiger charge is -2.24. The van der Waals surface area contributed by atoms with E-state index in [9.17, 15) is 0 Å². The Bertz CT molecular complexity index is 380. The van der Waals surface area contributed by atoms with Crippen molar-refractivity contribution >= 4 is 15.9 Å². The monoisotopic (exact) mass is 286 g/mol. The number of aryl methyl sites for hydroxylation is 2. The van der Waals surface area contributed by atoms with E-state index in [1.165, 1.54) is 12.1 Å². The number of aromatic nitrogens is 2. The molecule has 90 valence electrons. The van der Waals surface area contributed by atoms with Crippen LogP contribution in [0, 0.1) is 6.92 Å². The molecule has 1 aliphatic heterocycles. The SMILES string of the molecule is Cc1nn(C)c(CNC2(C)CCNC2)c1Br. The standard InChI is InChI=1S/C11H19BrN4/c1-8-10(12)9(16(3)15-8)6-14-11(2)4-5-13-7-11/h13-14H,4-7H2,1-3H3. The molecule has 0 saturated carbocycles. The molecule has 0 bridgehead atoms. The maximum absolute atomic E-state index is 4.39. The lowest BCUT2D eigenvalue weighted by Crippen LogP contribution is -2.43. The van der Waals surface area contributed by atoms with Crippen molar-refractivity contribution in [2.75, 3.05) is 13.1 Å². The number of nitrogens with one attached hydrogen (secondary N) is 2. The van der Waals surface area contributed by atoms with Crippen molar-refractivity contribution in [3.63, 3.8) is 0 Å². The number of nitrogens with zero attached hydrogens (tertiary/aromatic N) is 2. The first-order valence-corrected chi connectivity index (χ1v) is 6.45. The van der Waals surface area contributed by atoms with Crippen LogP contribution in [0.25, 0.3) is 0 Å². The summed E-state index contributed by atoms with van der Waals surface area (Å²) in [7, 11) is 1.99. The Kier molecular flexibility index (Phi) is 3.37. The first kappa shape index (κ1) is 12.1. The van der Waals surface area contributed by atoms with Crippen molar-refractivity contribution in [2.45, 2.75) is 32.4 Å². The molecular formula is C11H19BrN4. The maximum Gasteiger partial charge on any atom is 0.0739 e. The first-order valence-electron chi connectivity index (χ1n) is 5.65. The van der Waals surface area contributed by atoms with Crippen LogP contribution >= 0.6 is 15.9 Å². The number of hydrogen-bond donors (Lipinski definition) is 2. The van der Waals surface area contributed by atoms with Gasteiger partial charge in [0.1, 0.15) is 0 Å². The molecule has 1 aromatic heterocycles. The predicted molar refractivity (Wildman–Crippen MR) is 68.4 cm³/mol. The van der Waals surface area contributed by atoms with Gasteiger partial charge in [-0.15, -0.1) is 0 Å². The summed E-state index contributed by atoms with van der Waals surface area (Å²) in [5.74, 6) is 0. The van der Waals surface area contributed by atoms with Gasteiger partial charge in [-0.3, -0.25) is 4.68 Å². The molecule has 0 spiro atoms. The quantitative estimate of drug-likeness (QED) is 0.881. The normalized spacial score (nSPS) is 25.2. The number of halogens is 1. The molecule has 4 nitrogen and oxygen atoms in total. The summed E-state index contributed by atoms with van der Waals surface area (Å²) in [5, 5.41) is 11.4. The number of hydrogen-bond acceptors (Lipinski definition) is 3. The van der Waals surface area contributed by atoms with E-state index < -0.39 is 0 Å². The van der Waals surface area contributed by atoms with Crippen molar-refractivity contribution in [3.8, 4) is 0 Å². The van der Waals surface area contributed by atoms with E-state index in [4.69, 9.17) is 0 Å². The smallest absolute Gasteiger partial charge is 0.0739 e. The van der Waals surface area contributed by atoms with Crippen LogP contribution in [0.15, 0.2) is 4.47 Å². The maximum atomic E-state index is 4.39. The fraction of sp³-hybridized carbons (Fsp3) is 0.727. The van der Waals surface area contributed by atoms with Crippen LogP contribution in [-0.2, 0) is 13.6 Å². The summed E-state index contributed by atoms with van der Waals surface area (Å²) < 4.78 is 3.06. The Morgan fingerprint density at radius 3 is 2.88 bits per heavy atom. The molecule has 1 unspecified atom stereocenters. The minimum absolute atomic E-state index is 0.220. The zero-order valence-electron chi connectivity index (χ0n) is 10.1. The predicted octanol–water partition coefficient (Wildman–Crippen LogP) is 1.33. The van der Waals surface area contributed by atoms with Crippen LogP contribution in [0.5, 0.6) is 0 Å². The Balaban J connectivity index is 2.04. The average molecular weight is 287 g/mol. The minimum Gasteiger partial charge on any atom is -0.315 e. The molecule has 5 heteroatoms. The second kappa shape index (κ2) is 4.47. The third-order valence-electron chi connectivity index (χ3n) is 3.31. The lowest BCUT2D eigenvalue weighted by molar-refractivity contribution is 0.379. The van der Waals surface area contributed by atoms with Gasteiger partial charge < -0.3 is 10.6 Å². The topological polar surface area (TPSA) is 41.9 Å². The molecular weight excluding hydrogens is 268 g/mol. The molecule has 1 fully saturated rings. The van der Waals surface area contributed by atoms with E-state index in [0.717, 1.165) is 29.8 Å². The van der Waals surface area contributed by atoms with Gasteiger partial charge in [-0.25, -0.2) is 0 Å². The summed E-state index contributed by atoms with van der Waals surface area (Å²) in [6.45, 7) is 7.29. The molecule has 0 aliphatic carbocycles. The molecule has 0 amide bonds. The Labute approximate surface area is 105 Å². The molecule has 1 aliphatic rings. The fourth-order valence-electron chi connectivity index (χ4n) is 2.14. The van der Waals surface area contributed by atoms with E-state index in [2.05, 4.69) is 38.6 Å². The van der Waals surface area contributed by atoms with Gasteiger partial charge in [-0.05, 0) is 42.7 Å². The summed E-state index contributed by atoms with van der Waals surface area (Å²) in [6, 6.07) is 0. The highest BCUT2D eigenvalue weighted by Crippen LogP contribution is 2.21. The molecule has 2 heterocycles. The van der Waals surface area contributed by atoms with Gasteiger partial charge in [-0.1, -0.05) is 0 Å². The highest BCUT2D eigenvalue weighted by Gasteiger charge is 2.28. The second-order valence-corrected chi connectivity index (χ2v) is 5.60. The lowest BCUT2D eigenvalue weighted by atomic mass is 10.0. The van der Waals surface area contributed by atoms with Crippen molar-refractivity contribution in [1.82, 2.24) is 20.4 Å². The van der Waals surface area contributed by atoms with Crippen LogP contribution in [0.2, 0.25) is 0 Å². The second-order valence-electron chi connectivity index (χ2n) is 4.81. The van der Waals surface area contributed by atoms with Crippen molar-refractivity contribution < 1.29 is 0 Å². The van der Waals surface area contributed by atoms with Gasteiger partial charge in [0, 0.05) is 25.7 Å². The third kappa shape index (κ3) is 2.31. The van der Waals surface area contributed by atoms with Crippen molar-refractivity contribution in [3.05, 3.63) is 15.9 Å². The van der Waals surface area contributed by atoms with Crippen LogP contribution in [0.1, 0.15) is 24.7 Å². The van der Waals surface area contributed by atoms with Gasteiger partial charge in [0.15, 0.2) is 0 Å². The molecule has 2 N–H and O–H groups in total.